The van der Waals surface area contributed by atoms with Gasteiger partial charge in [0.15, 0.2) is 0 Å². The predicted octanol–water partition coefficient (Wildman–Crippen LogP) is -1.20. The number of urea groups is 1. The number of carboxylic acids is 1. The van der Waals surface area contributed by atoms with E-state index < -0.39 is 30.2 Å². The van der Waals surface area contributed by atoms with Crippen molar-refractivity contribution in [1.29, 1.82) is 0 Å². The first kappa shape index (κ1) is 22.1. The smallest absolute Gasteiger partial charge is 0.475 e. The van der Waals surface area contributed by atoms with Crippen molar-refractivity contribution >= 4 is 18.0 Å². The van der Waals surface area contributed by atoms with Crippen LogP contribution < -0.4 is 23.1 Å². The van der Waals surface area contributed by atoms with Crippen molar-refractivity contribution in [3.05, 3.63) is 0 Å². The van der Waals surface area contributed by atoms with Crippen LogP contribution in [0.15, 0.2) is 0 Å². The molecule has 0 saturated carbocycles. The molecule has 0 aliphatic carbocycles. The number of hydrogen-bond acceptors (Lipinski definition) is 6. The number of hydrogen-bond donors (Lipinski definition) is 5. The van der Waals surface area contributed by atoms with Crippen LogP contribution in [-0.2, 0) is 14.4 Å². The van der Waals surface area contributed by atoms with Gasteiger partial charge in [0.2, 0.25) is 0 Å². The van der Waals surface area contributed by atoms with Gasteiger partial charge in [-0.1, -0.05) is 6.92 Å². The van der Waals surface area contributed by atoms with Crippen molar-refractivity contribution in [2.45, 2.75) is 25.6 Å². The number of carbonyl (C=O) groups excluding carboxylic acids is 2. The maximum atomic E-state index is 10.6. The molecule has 0 saturated heterocycles. The average Bonchev–Trinajstić information content (AvgIpc) is 2.25. The number of carbonyl (C=O) groups is 3. The molecule has 1 unspecified atom stereocenters. The maximum absolute atomic E-state index is 10.6. The second-order valence-corrected chi connectivity index (χ2v) is 2.66. The summed E-state index contributed by atoms with van der Waals surface area (Å²) in [4.78, 5) is 32.0. The van der Waals surface area contributed by atoms with E-state index in [4.69, 9.17) is 20.4 Å². The molecule has 0 aliphatic heterocycles. The van der Waals surface area contributed by atoms with Gasteiger partial charge in [0, 0.05) is 0 Å². The Kier molecular flexibility index (Phi) is 12.9. The molecule has 0 fully saturated rings. The molecule has 0 heterocycles. The molecule has 0 aromatic rings. The molecule has 0 aromatic carbocycles. The van der Waals surface area contributed by atoms with Crippen LogP contribution in [0.3, 0.4) is 0 Å². The highest BCUT2D eigenvalue weighted by molar-refractivity contribution is 5.74. The van der Waals surface area contributed by atoms with Gasteiger partial charge in [-0.05, 0) is 6.42 Å². The number of nitrogens with two attached hydrogens (primary N) is 4. The standard InChI is InChI=1S/C4H10N2O2.C2HF3O2.CH4N2O/c1-2-3(5)4(7)8-6;3-2(4,5)1(6)7;2-1(3)4/h3H,2,5-6H2,1H3;(H,6,7);(H4,2,3,4). The number of primary amides is 2. The van der Waals surface area contributed by atoms with E-state index in [9.17, 15) is 18.0 Å². The van der Waals surface area contributed by atoms with E-state index in [0.717, 1.165) is 0 Å². The van der Waals surface area contributed by atoms with Crippen LogP contribution in [0.4, 0.5) is 18.0 Å². The second-order valence-electron chi connectivity index (χ2n) is 2.66. The van der Waals surface area contributed by atoms with Gasteiger partial charge in [-0.25, -0.2) is 14.4 Å². The van der Waals surface area contributed by atoms with Crippen LogP contribution in [0, 0.1) is 0 Å². The fourth-order valence-corrected chi connectivity index (χ4v) is 0.254. The Balaban J connectivity index is -0.000000214. The van der Waals surface area contributed by atoms with Crippen molar-refractivity contribution in [3.8, 4) is 0 Å². The Labute approximate surface area is 105 Å². The summed E-state index contributed by atoms with van der Waals surface area (Å²) in [6.07, 6.45) is -4.53. The Morgan fingerprint density at radius 3 is 1.58 bits per heavy atom. The van der Waals surface area contributed by atoms with E-state index in [-0.39, 0.29) is 0 Å². The third-order valence-corrected chi connectivity index (χ3v) is 1.10. The molecule has 2 amide bonds. The molecule has 19 heavy (non-hydrogen) atoms. The molecule has 0 aromatic heterocycles. The highest BCUT2D eigenvalue weighted by Gasteiger charge is 2.38. The Bertz CT molecular complexity index is 293. The van der Waals surface area contributed by atoms with Gasteiger partial charge in [-0.2, -0.15) is 19.1 Å². The summed E-state index contributed by atoms with van der Waals surface area (Å²) in [6.45, 7) is 1.78. The van der Waals surface area contributed by atoms with Crippen molar-refractivity contribution in [2.75, 3.05) is 0 Å². The minimum Gasteiger partial charge on any atom is -0.475 e. The van der Waals surface area contributed by atoms with Crippen LogP contribution in [-0.4, -0.2) is 35.3 Å². The summed E-state index contributed by atoms with van der Waals surface area (Å²) in [6, 6.07) is -1.40. The second kappa shape index (κ2) is 11.0. The fourth-order valence-electron chi connectivity index (χ4n) is 0.254. The molecule has 9 nitrogen and oxygen atoms in total. The summed E-state index contributed by atoms with van der Waals surface area (Å²) in [7, 11) is 0. The third kappa shape index (κ3) is 21.7. The highest BCUT2D eigenvalue weighted by atomic mass is 19.4. The van der Waals surface area contributed by atoms with Gasteiger partial charge in [0.25, 0.3) is 0 Å². The van der Waals surface area contributed by atoms with Gasteiger partial charge in [-0.3, -0.25) is 0 Å². The van der Waals surface area contributed by atoms with Gasteiger partial charge >= 0.3 is 24.1 Å². The van der Waals surface area contributed by atoms with Crippen LogP contribution in [0.2, 0.25) is 0 Å². The van der Waals surface area contributed by atoms with E-state index in [1.54, 1.807) is 6.92 Å². The van der Waals surface area contributed by atoms with E-state index in [2.05, 4.69) is 22.2 Å². The molecule has 0 radical (unpaired) electrons. The molecule has 12 heteroatoms. The lowest BCUT2D eigenvalue weighted by molar-refractivity contribution is -0.192. The molecular formula is C7H15F3N4O5. The van der Waals surface area contributed by atoms with Crippen molar-refractivity contribution in [2.24, 2.45) is 23.1 Å². The van der Waals surface area contributed by atoms with Crippen LogP contribution in [0.25, 0.3) is 0 Å². The quantitative estimate of drug-likeness (QED) is 0.395. The van der Waals surface area contributed by atoms with Gasteiger partial charge in [0.1, 0.15) is 6.04 Å². The molecule has 0 rings (SSSR count). The summed E-state index contributed by atoms with van der Waals surface area (Å²) < 4.78 is 31.7. The number of halogens is 3. The van der Waals surface area contributed by atoms with Gasteiger partial charge < -0.3 is 27.1 Å². The van der Waals surface area contributed by atoms with Crippen LogP contribution >= 0.6 is 0 Å². The first-order chi connectivity index (χ1) is 8.39. The lowest BCUT2D eigenvalue weighted by atomic mass is 10.2. The Hall–Kier alpha value is -2.08. The fraction of sp³-hybridized carbons (Fsp3) is 0.571. The Morgan fingerprint density at radius 1 is 1.26 bits per heavy atom. The zero-order valence-corrected chi connectivity index (χ0v) is 9.81. The molecule has 0 aliphatic rings. The highest BCUT2D eigenvalue weighted by Crippen LogP contribution is 2.13. The molecule has 1 atom stereocenters. The van der Waals surface area contributed by atoms with Crippen LogP contribution in [0.5, 0.6) is 0 Å². The zero-order chi connectivity index (χ0) is 16.2. The number of alkyl halides is 3. The first-order valence-corrected chi connectivity index (χ1v) is 4.41. The minimum absolute atomic E-state index is 0.552. The SMILES string of the molecule is CCC(N)C(=O)ON.NC(N)=O.O=C(O)C(F)(F)F. The molecule has 9 N–H and O–H groups in total. The largest absolute Gasteiger partial charge is 0.490 e. The number of carboxylic acid groups (broad SMARTS) is 1. The Morgan fingerprint density at radius 2 is 1.53 bits per heavy atom. The molecule has 114 valence electrons. The summed E-state index contributed by atoms with van der Waals surface area (Å²) in [5.41, 5.74) is 13.7. The lowest BCUT2D eigenvalue weighted by Crippen LogP contribution is -2.32. The van der Waals surface area contributed by atoms with Crippen molar-refractivity contribution in [1.82, 2.24) is 0 Å². The molecular weight excluding hydrogens is 277 g/mol. The van der Waals surface area contributed by atoms with Crippen LogP contribution in [0.1, 0.15) is 13.3 Å². The van der Waals surface area contributed by atoms with E-state index >= 15 is 0 Å². The van der Waals surface area contributed by atoms with Crippen molar-refractivity contribution < 1.29 is 37.5 Å². The average molecular weight is 292 g/mol. The van der Waals surface area contributed by atoms with Gasteiger partial charge in [0.05, 0.1) is 0 Å². The third-order valence-electron chi connectivity index (χ3n) is 1.10. The normalized spacial score (nSPS) is 10.8. The van der Waals surface area contributed by atoms with E-state index in [1.807, 2.05) is 0 Å². The number of aliphatic carboxylic acids is 1. The minimum atomic E-state index is -5.08. The van der Waals surface area contributed by atoms with E-state index in [1.165, 1.54) is 0 Å². The summed E-state index contributed by atoms with van der Waals surface area (Å²) in [5.74, 6) is 1.20. The topological polar surface area (TPSA) is 185 Å². The molecule has 0 spiro atoms. The summed E-state index contributed by atoms with van der Waals surface area (Å²) >= 11 is 0. The van der Waals surface area contributed by atoms with Crippen molar-refractivity contribution in [3.63, 3.8) is 0 Å². The number of amides is 2. The number of rotatable bonds is 2. The van der Waals surface area contributed by atoms with Gasteiger partial charge in [-0.15, -0.1) is 0 Å². The maximum Gasteiger partial charge on any atom is 0.490 e. The lowest BCUT2D eigenvalue weighted by Gasteiger charge is -2.02. The molecule has 0 bridgehead atoms. The monoisotopic (exact) mass is 292 g/mol. The summed E-state index contributed by atoms with van der Waals surface area (Å²) in [5, 5.41) is 7.12. The first-order valence-electron chi connectivity index (χ1n) is 4.41. The van der Waals surface area contributed by atoms with E-state index in [0.29, 0.717) is 6.42 Å². The zero-order valence-electron chi connectivity index (χ0n) is 9.81. The predicted molar refractivity (Wildman–Crippen MR) is 56.0 cm³/mol.